The van der Waals surface area contributed by atoms with E-state index in [9.17, 15) is 4.79 Å². The Labute approximate surface area is 148 Å². The maximum atomic E-state index is 12.3. The van der Waals surface area contributed by atoms with Crippen molar-refractivity contribution in [3.05, 3.63) is 52.1 Å². The van der Waals surface area contributed by atoms with E-state index in [4.69, 9.17) is 32.8 Å². The van der Waals surface area contributed by atoms with Gasteiger partial charge in [-0.3, -0.25) is 4.79 Å². The molecule has 0 saturated heterocycles. The number of benzene rings is 1. The third-order valence-corrected chi connectivity index (χ3v) is 3.92. The van der Waals surface area contributed by atoms with Crippen LogP contribution in [0.25, 0.3) is 0 Å². The van der Waals surface area contributed by atoms with E-state index < -0.39 is 6.10 Å². The van der Waals surface area contributed by atoms with Gasteiger partial charge in [-0.1, -0.05) is 40.5 Å². The van der Waals surface area contributed by atoms with Gasteiger partial charge in [-0.15, -0.1) is 0 Å². The van der Waals surface area contributed by atoms with Crippen molar-refractivity contribution in [3.63, 3.8) is 0 Å². The molecule has 8 heteroatoms. The Kier molecular flexibility index (Phi) is 4.87. The Hall–Kier alpha value is -2.31. The predicted octanol–water partition coefficient (Wildman–Crippen LogP) is 3.53. The summed E-state index contributed by atoms with van der Waals surface area (Å²) in [5, 5.41) is 7.24. The van der Waals surface area contributed by atoms with Crippen molar-refractivity contribution in [1.82, 2.24) is 4.98 Å². The zero-order valence-corrected chi connectivity index (χ0v) is 14.1. The van der Waals surface area contributed by atoms with Crippen molar-refractivity contribution in [2.75, 3.05) is 12.4 Å². The topological polar surface area (TPSA) is 72.8 Å². The molecule has 124 valence electrons. The van der Waals surface area contributed by atoms with Gasteiger partial charge in [0.1, 0.15) is 5.75 Å². The van der Waals surface area contributed by atoms with Crippen LogP contribution in [-0.4, -0.2) is 29.8 Å². The Morgan fingerprint density at radius 3 is 2.92 bits per heavy atom. The molecule has 1 atom stereocenters. The second kappa shape index (κ2) is 7.07. The smallest absolute Gasteiger partial charge is 0.269 e. The van der Waals surface area contributed by atoms with Crippen LogP contribution in [0.4, 0.5) is 5.82 Å². The van der Waals surface area contributed by atoms with Crippen LogP contribution >= 0.6 is 23.2 Å². The molecule has 0 fully saturated rings. The van der Waals surface area contributed by atoms with Crippen LogP contribution in [0.3, 0.4) is 0 Å². The van der Waals surface area contributed by atoms with E-state index in [0.29, 0.717) is 22.9 Å². The molecule has 0 aliphatic carbocycles. The normalized spacial score (nSPS) is 16.3. The summed E-state index contributed by atoms with van der Waals surface area (Å²) in [7, 11) is 1.58. The molecule has 2 heterocycles. The summed E-state index contributed by atoms with van der Waals surface area (Å²) in [6, 6.07) is 8.90. The van der Waals surface area contributed by atoms with Crippen molar-refractivity contribution >= 4 is 40.6 Å². The number of oxime groups is 1. The van der Waals surface area contributed by atoms with Gasteiger partial charge in [0, 0.05) is 18.2 Å². The molecule has 0 spiro atoms. The van der Waals surface area contributed by atoms with Crippen molar-refractivity contribution in [1.29, 1.82) is 0 Å². The highest BCUT2D eigenvalue weighted by atomic mass is 35.5. The fourth-order valence-corrected chi connectivity index (χ4v) is 2.69. The van der Waals surface area contributed by atoms with Crippen LogP contribution in [-0.2, 0) is 9.63 Å². The van der Waals surface area contributed by atoms with Gasteiger partial charge in [-0.2, -0.15) is 0 Å². The maximum absolute atomic E-state index is 12.3. The number of para-hydroxylation sites is 1. The number of hydrogen-bond acceptors (Lipinski definition) is 5. The predicted molar refractivity (Wildman–Crippen MR) is 91.9 cm³/mol. The summed E-state index contributed by atoms with van der Waals surface area (Å²) in [5.41, 5.74) is 1.43. The first-order valence-electron chi connectivity index (χ1n) is 7.06. The first-order chi connectivity index (χ1) is 11.6. The van der Waals surface area contributed by atoms with Crippen molar-refractivity contribution in [3.8, 4) is 5.75 Å². The molecule has 2 aromatic rings. The van der Waals surface area contributed by atoms with E-state index >= 15 is 0 Å². The van der Waals surface area contributed by atoms with Gasteiger partial charge in [-0.25, -0.2) is 4.98 Å². The molecule has 1 amide bonds. The lowest BCUT2D eigenvalue weighted by Gasteiger charge is -2.10. The fourth-order valence-electron chi connectivity index (χ4n) is 2.26. The molecule has 1 aliphatic rings. The Morgan fingerprint density at radius 2 is 2.17 bits per heavy atom. The number of amides is 1. The molecule has 1 aliphatic heterocycles. The summed E-state index contributed by atoms with van der Waals surface area (Å²) in [5.74, 6) is 0.504. The average Bonchev–Trinajstić information content (AvgIpc) is 3.07. The van der Waals surface area contributed by atoms with Crippen LogP contribution in [0.1, 0.15) is 12.0 Å². The molecule has 6 nitrogen and oxygen atoms in total. The van der Waals surface area contributed by atoms with E-state index in [1.165, 1.54) is 12.3 Å². The highest BCUT2D eigenvalue weighted by molar-refractivity contribution is 6.36. The number of aromatic nitrogens is 1. The minimum Gasteiger partial charge on any atom is -0.496 e. The number of ether oxygens (including phenoxy) is 1. The first kappa shape index (κ1) is 16.5. The van der Waals surface area contributed by atoms with Crippen LogP contribution in [0.2, 0.25) is 10.0 Å². The lowest BCUT2D eigenvalue weighted by Crippen LogP contribution is -2.28. The maximum Gasteiger partial charge on any atom is 0.269 e. The van der Waals surface area contributed by atoms with Crippen molar-refractivity contribution in [2.45, 2.75) is 12.5 Å². The average molecular weight is 366 g/mol. The second-order valence-corrected chi connectivity index (χ2v) is 5.85. The number of pyridine rings is 1. The van der Waals surface area contributed by atoms with Crippen LogP contribution in [0.5, 0.6) is 5.75 Å². The molecular weight excluding hydrogens is 353 g/mol. The van der Waals surface area contributed by atoms with Gasteiger partial charge in [0.05, 0.1) is 22.9 Å². The molecule has 1 unspecified atom stereocenters. The molecular formula is C16H13Cl2N3O3. The monoisotopic (exact) mass is 365 g/mol. The van der Waals surface area contributed by atoms with Crippen molar-refractivity contribution in [2.24, 2.45) is 5.16 Å². The van der Waals surface area contributed by atoms with E-state index in [1.54, 1.807) is 7.11 Å². The summed E-state index contributed by atoms with van der Waals surface area (Å²) in [6.07, 6.45) is 0.950. The number of anilines is 1. The zero-order chi connectivity index (χ0) is 17.1. The lowest BCUT2D eigenvalue weighted by molar-refractivity contribution is -0.125. The second-order valence-electron chi connectivity index (χ2n) is 5.01. The van der Waals surface area contributed by atoms with Gasteiger partial charge >= 0.3 is 0 Å². The Morgan fingerprint density at radius 1 is 1.38 bits per heavy atom. The van der Waals surface area contributed by atoms with Crippen molar-refractivity contribution < 1.29 is 14.4 Å². The van der Waals surface area contributed by atoms with Gasteiger partial charge in [0.2, 0.25) is 6.10 Å². The fraction of sp³-hybridized carbons (Fsp3) is 0.188. The van der Waals surface area contributed by atoms with Crippen LogP contribution < -0.4 is 10.1 Å². The molecule has 0 radical (unpaired) electrons. The van der Waals surface area contributed by atoms with E-state index in [2.05, 4.69) is 15.5 Å². The molecule has 1 aromatic heterocycles. The molecule has 0 bridgehead atoms. The molecule has 0 saturated carbocycles. The number of carbonyl (C=O) groups excluding carboxylic acids is 1. The highest BCUT2D eigenvalue weighted by Crippen LogP contribution is 2.26. The minimum absolute atomic E-state index is 0.223. The standard InChI is InChI=1S/C16H13Cl2N3O3/c1-23-13-5-3-2-4-10(13)12-7-14(24-21-12)16(22)20-15-11(18)6-9(17)8-19-15/h2-6,8,14H,7H2,1H3,(H,19,20,22). The first-order valence-corrected chi connectivity index (χ1v) is 7.82. The van der Waals surface area contributed by atoms with Gasteiger partial charge in [0.15, 0.2) is 5.82 Å². The largest absolute Gasteiger partial charge is 0.496 e. The number of methoxy groups -OCH3 is 1. The number of hydrogen-bond donors (Lipinski definition) is 1. The van der Waals surface area contributed by atoms with Crippen LogP contribution in [0.15, 0.2) is 41.7 Å². The molecule has 1 aromatic carbocycles. The number of carbonyl (C=O) groups is 1. The summed E-state index contributed by atoms with van der Waals surface area (Å²) < 4.78 is 5.30. The lowest BCUT2D eigenvalue weighted by atomic mass is 10.0. The van der Waals surface area contributed by atoms with E-state index in [-0.39, 0.29) is 16.7 Å². The summed E-state index contributed by atoms with van der Waals surface area (Å²) in [4.78, 5) is 21.5. The van der Waals surface area contributed by atoms with Gasteiger partial charge in [-0.05, 0) is 18.2 Å². The minimum atomic E-state index is -0.765. The quantitative estimate of drug-likeness (QED) is 0.899. The molecule has 1 N–H and O–H groups in total. The molecule has 24 heavy (non-hydrogen) atoms. The van der Waals surface area contributed by atoms with Crippen LogP contribution in [0, 0.1) is 0 Å². The Bertz CT molecular complexity index is 811. The zero-order valence-electron chi connectivity index (χ0n) is 12.6. The SMILES string of the molecule is COc1ccccc1C1=NOC(C(=O)Nc2ncc(Cl)cc2Cl)C1. The summed E-state index contributed by atoms with van der Waals surface area (Å²) in [6.45, 7) is 0. The third-order valence-electron chi connectivity index (χ3n) is 3.43. The van der Waals surface area contributed by atoms with Gasteiger partial charge in [0.25, 0.3) is 5.91 Å². The number of nitrogens with zero attached hydrogens (tertiary/aromatic N) is 2. The highest BCUT2D eigenvalue weighted by Gasteiger charge is 2.30. The molecule has 3 rings (SSSR count). The number of nitrogens with one attached hydrogen (secondary N) is 1. The van der Waals surface area contributed by atoms with E-state index in [1.807, 2.05) is 24.3 Å². The van der Waals surface area contributed by atoms with E-state index in [0.717, 1.165) is 5.56 Å². The van der Waals surface area contributed by atoms with Gasteiger partial charge < -0.3 is 14.9 Å². The number of halogens is 2. The third kappa shape index (κ3) is 3.44. The Balaban J connectivity index is 1.69. The number of rotatable bonds is 4. The summed E-state index contributed by atoms with van der Waals surface area (Å²) >= 11 is 11.8.